The molecule has 0 aromatic carbocycles. The first kappa shape index (κ1) is 14.8. The number of carbonyl (C=O) groups is 1. The lowest BCUT2D eigenvalue weighted by Crippen LogP contribution is -2.32. The molecular formula is C16H25N3O. The minimum absolute atomic E-state index is 0.142. The summed E-state index contributed by atoms with van der Waals surface area (Å²) in [6.45, 7) is 8.79. The number of carbonyl (C=O) groups excluding carboxylic acids is 1. The summed E-state index contributed by atoms with van der Waals surface area (Å²) in [5.74, 6) is 1.66. The lowest BCUT2D eigenvalue weighted by molar-refractivity contribution is 0.0760. The van der Waals surface area contributed by atoms with Crippen LogP contribution in [0.1, 0.15) is 49.2 Å². The molecule has 110 valence electrons. The maximum atomic E-state index is 12.6. The smallest absolute Gasteiger partial charge is 0.254 e. The van der Waals surface area contributed by atoms with E-state index in [-0.39, 0.29) is 5.91 Å². The predicted molar refractivity (Wildman–Crippen MR) is 82.1 cm³/mol. The first-order chi connectivity index (χ1) is 9.60. The number of nitrogens with zero attached hydrogens (tertiary/aromatic N) is 2. The third-order valence-corrected chi connectivity index (χ3v) is 3.86. The molecule has 1 aromatic heterocycles. The number of aromatic nitrogens is 1. The second-order valence-corrected chi connectivity index (χ2v) is 5.74. The monoisotopic (exact) mass is 275 g/mol. The number of pyridine rings is 1. The van der Waals surface area contributed by atoms with E-state index in [0.29, 0.717) is 0 Å². The van der Waals surface area contributed by atoms with Crippen LogP contribution < -0.4 is 5.32 Å². The minimum atomic E-state index is 0.142. The van der Waals surface area contributed by atoms with Crippen molar-refractivity contribution in [2.75, 3.05) is 25.0 Å². The Morgan fingerprint density at radius 1 is 1.40 bits per heavy atom. The molecule has 4 nitrogen and oxygen atoms in total. The number of anilines is 1. The van der Waals surface area contributed by atoms with Crippen molar-refractivity contribution in [1.82, 2.24) is 9.88 Å². The Balaban J connectivity index is 2.15. The molecular weight excluding hydrogens is 250 g/mol. The van der Waals surface area contributed by atoms with E-state index >= 15 is 0 Å². The zero-order valence-corrected chi connectivity index (χ0v) is 12.8. The van der Waals surface area contributed by atoms with Crippen LogP contribution in [0.25, 0.3) is 0 Å². The summed E-state index contributed by atoms with van der Waals surface area (Å²) in [4.78, 5) is 19.0. The van der Waals surface area contributed by atoms with Gasteiger partial charge in [0.05, 0.1) is 0 Å². The summed E-state index contributed by atoms with van der Waals surface area (Å²) in [7, 11) is 0. The van der Waals surface area contributed by atoms with Crippen LogP contribution in [-0.2, 0) is 0 Å². The van der Waals surface area contributed by atoms with Gasteiger partial charge in [-0.25, -0.2) is 4.98 Å². The fourth-order valence-corrected chi connectivity index (χ4v) is 2.71. The van der Waals surface area contributed by atoms with Crippen LogP contribution in [0.3, 0.4) is 0 Å². The average molecular weight is 275 g/mol. The molecule has 1 aromatic rings. The molecule has 0 saturated carbocycles. The van der Waals surface area contributed by atoms with Gasteiger partial charge >= 0.3 is 0 Å². The molecule has 0 bridgehead atoms. The normalized spacial score (nSPS) is 19.6. The largest absolute Gasteiger partial charge is 0.370 e. The van der Waals surface area contributed by atoms with Crippen LogP contribution in [0.5, 0.6) is 0 Å². The van der Waals surface area contributed by atoms with E-state index in [2.05, 4.69) is 17.2 Å². The molecule has 1 saturated heterocycles. The second-order valence-electron chi connectivity index (χ2n) is 5.74. The first-order valence-corrected chi connectivity index (χ1v) is 7.62. The lowest BCUT2D eigenvalue weighted by atomic mass is 10.0. The van der Waals surface area contributed by atoms with Gasteiger partial charge in [-0.05, 0) is 51.2 Å². The highest BCUT2D eigenvalue weighted by atomic mass is 16.2. The zero-order chi connectivity index (χ0) is 14.5. The Hall–Kier alpha value is -1.58. The topological polar surface area (TPSA) is 45.2 Å². The molecule has 2 rings (SSSR count). The van der Waals surface area contributed by atoms with Gasteiger partial charge in [0.15, 0.2) is 0 Å². The summed E-state index contributed by atoms with van der Waals surface area (Å²) in [5.41, 5.74) is 1.64. The van der Waals surface area contributed by atoms with Crippen molar-refractivity contribution < 1.29 is 4.79 Å². The Labute approximate surface area is 121 Å². The van der Waals surface area contributed by atoms with Gasteiger partial charge in [-0.3, -0.25) is 4.79 Å². The molecule has 1 amide bonds. The van der Waals surface area contributed by atoms with E-state index in [1.807, 2.05) is 30.9 Å². The van der Waals surface area contributed by atoms with Crippen molar-refractivity contribution in [2.24, 2.45) is 5.92 Å². The molecule has 1 unspecified atom stereocenters. The Bertz CT molecular complexity index is 473. The number of likely N-dealkylation sites (tertiary alicyclic amines) is 1. The van der Waals surface area contributed by atoms with E-state index < -0.39 is 0 Å². The Kier molecular flexibility index (Phi) is 4.99. The second kappa shape index (κ2) is 6.73. The van der Waals surface area contributed by atoms with Gasteiger partial charge in [0.2, 0.25) is 0 Å². The van der Waals surface area contributed by atoms with E-state index in [4.69, 9.17) is 0 Å². The van der Waals surface area contributed by atoms with E-state index in [9.17, 15) is 4.79 Å². The number of amides is 1. The van der Waals surface area contributed by atoms with Gasteiger partial charge in [0.1, 0.15) is 5.82 Å². The van der Waals surface area contributed by atoms with Crippen molar-refractivity contribution in [3.05, 3.63) is 23.4 Å². The molecule has 0 aliphatic carbocycles. The SMILES string of the molecule is CCNc1cc(C(=O)N2CCCC(C)CC2)cc(C)n1. The fraction of sp³-hybridized carbons (Fsp3) is 0.625. The van der Waals surface area contributed by atoms with Crippen molar-refractivity contribution in [1.29, 1.82) is 0 Å². The van der Waals surface area contributed by atoms with Gasteiger partial charge in [-0.15, -0.1) is 0 Å². The maximum absolute atomic E-state index is 12.6. The molecule has 2 heterocycles. The quantitative estimate of drug-likeness (QED) is 0.922. The van der Waals surface area contributed by atoms with Crippen LogP contribution in [-0.4, -0.2) is 35.4 Å². The molecule has 0 spiro atoms. The highest BCUT2D eigenvalue weighted by Crippen LogP contribution is 2.19. The summed E-state index contributed by atoms with van der Waals surface area (Å²) in [6.07, 6.45) is 3.44. The van der Waals surface area contributed by atoms with Gasteiger partial charge in [0.25, 0.3) is 5.91 Å². The van der Waals surface area contributed by atoms with E-state index in [1.165, 1.54) is 6.42 Å². The molecule has 1 atom stereocenters. The van der Waals surface area contributed by atoms with E-state index in [0.717, 1.165) is 55.5 Å². The molecule has 1 fully saturated rings. The Morgan fingerprint density at radius 2 is 2.20 bits per heavy atom. The maximum Gasteiger partial charge on any atom is 0.254 e. The van der Waals surface area contributed by atoms with Crippen molar-refractivity contribution in [2.45, 2.75) is 40.0 Å². The highest BCUT2D eigenvalue weighted by molar-refractivity contribution is 5.95. The molecule has 4 heteroatoms. The third-order valence-electron chi connectivity index (χ3n) is 3.86. The van der Waals surface area contributed by atoms with Crippen molar-refractivity contribution >= 4 is 11.7 Å². The highest BCUT2D eigenvalue weighted by Gasteiger charge is 2.20. The Morgan fingerprint density at radius 3 is 2.95 bits per heavy atom. The van der Waals surface area contributed by atoms with Crippen molar-refractivity contribution in [3.8, 4) is 0 Å². The predicted octanol–water partition coefficient (Wildman–Crippen LogP) is 3.08. The summed E-state index contributed by atoms with van der Waals surface area (Å²) in [5, 5.41) is 3.18. The number of hydrogen-bond donors (Lipinski definition) is 1. The molecule has 20 heavy (non-hydrogen) atoms. The van der Waals surface area contributed by atoms with Crippen molar-refractivity contribution in [3.63, 3.8) is 0 Å². The van der Waals surface area contributed by atoms with Crippen LogP contribution in [0.15, 0.2) is 12.1 Å². The minimum Gasteiger partial charge on any atom is -0.370 e. The number of aryl methyl sites for hydroxylation is 1. The third kappa shape index (κ3) is 3.71. The number of hydrogen-bond acceptors (Lipinski definition) is 3. The fourth-order valence-electron chi connectivity index (χ4n) is 2.71. The number of nitrogens with one attached hydrogen (secondary N) is 1. The van der Waals surface area contributed by atoms with Gasteiger partial charge in [-0.1, -0.05) is 6.92 Å². The molecule has 1 aliphatic heterocycles. The standard InChI is InChI=1S/C16H25N3O/c1-4-17-15-11-14(10-13(3)18-15)16(20)19-8-5-6-12(2)7-9-19/h10-12H,4-9H2,1-3H3,(H,17,18). The molecule has 1 aliphatic rings. The van der Waals surface area contributed by atoms with Gasteiger partial charge in [0, 0.05) is 30.9 Å². The molecule has 0 radical (unpaired) electrons. The van der Waals surface area contributed by atoms with Gasteiger partial charge < -0.3 is 10.2 Å². The summed E-state index contributed by atoms with van der Waals surface area (Å²) in [6, 6.07) is 3.75. The molecule has 1 N–H and O–H groups in total. The van der Waals surface area contributed by atoms with E-state index in [1.54, 1.807) is 0 Å². The zero-order valence-electron chi connectivity index (χ0n) is 12.8. The first-order valence-electron chi connectivity index (χ1n) is 7.62. The van der Waals surface area contributed by atoms with Gasteiger partial charge in [-0.2, -0.15) is 0 Å². The lowest BCUT2D eigenvalue weighted by Gasteiger charge is -2.21. The van der Waals surface area contributed by atoms with Crippen LogP contribution in [0.4, 0.5) is 5.82 Å². The van der Waals surface area contributed by atoms with Crippen LogP contribution in [0.2, 0.25) is 0 Å². The van der Waals surface area contributed by atoms with Crippen LogP contribution >= 0.6 is 0 Å². The summed E-state index contributed by atoms with van der Waals surface area (Å²) >= 11 is 0. The summed E-state index contributed by atoms with van der Waals surface area (Å²) < 4.78 is 0. The average Bonchev–Trinajstić information content (AvgIpc) is 2.62. The number of rotatable bonds is 3. The van der Waals surface area contributed by atoms with Crippen LogP contribution in [0, 0.1) is 12.8 Å².